The van der Waals surface area contributed by atoms with E-state index in [1.54, 1.807) is 0 Å². The molecule has 180 valence electrons. The molecule has 0 unspecified atom stereocenters. The van der Waals surface area contributed by atoms with Crippen LogP contribution in [0.25, 0.3) is 6.08 Å². The van der Waals surface area contributed by atoms with Gasteiger partial charge in [-0.05, 0) is 49.1 Å². The molecule has 0 amide bonds. The molecule has 0 atom stereocenters. The lowest BCUT2D eigenvalue weighted by atomic mass is 9.99. The number of benzene rings is 2. The number of hydrogen-bond donors (Lipinski definition) is 0. The smallest absolute Gasteiger partial charge is 0.231 e. The van der Waals surface area contributed by atoms with Crippen LogP contribution < -0.4 is 9.47 Å². The third-order valence-corrected chi connectivity index (χ3v) is 6.96. The van der Waals surface area contributed by atoms with E-state index in [4.69, 9.17) is 14.2 Å². The Kier molecular flexibility index (Phi) is 6.73. The number of nitrogens with zero attached hydrogens (tertiary/aromatic N) is 2. The van der Waals surface area contributed by atoms with Crippen molar-refractivity contribution in [2.45, 2.75) is 39.7 Å². The summed E-state index contributed by atoms with van der Waals surface area (Å²) in [6.45, 7) is 13.4. The highest BCUT2D eigenvalue weighted by molar-refractivity contribution is 6.15. The van der Waals surface area contributed by atoms with E-state index in [1.807, 2.05) is 31.2 Å². The summed E-state index contributed by atoms with van der Waals surface area (Å²) >= 11 is 0. The van der Waals surface area contributed by atoms with E-state index < -0.39 is 0 Å². The molecule has 0 spiro atoms. The first kappa shape index (κ1) is 23.1. The Labute approximate surface area is 202 Å². The highest BCUT2D eigenvalue weighted by Gasteiger charge is 2.33. The van der Waals surface area contributed by atoms with Gasteiger partial charge in [-0.3, -0.25) is 14.6 Å². The molecule has 0 saturated carbocycles. The van der Waals surface area contributed by atoms with Gasteiger partial charge in [-0.1, -0.05) is 38.1 Å². The fourth-order valence-corrected chi connectivity index (χ4v) is 4.91. The van der Waals surface area contributed by atoms with E-state index in [-0.39, 0.29) is 5.78 Å². The van der Waals surface area contributed by atoms with E-state index in [2.05, 4.69) is 35.8 Å². The van der Waals surface area contributed by atoms with Gasteiger partial charge in [0.15, 0.2) is 5.76 Å². The van der Waals surface area contributed by atoms with Crippen LogP contribution >= 0.6 is 0 Å². The van der Waals surface area contributed by atoms with Crippen LogP contribution in [0.3, 0.4) is 0 Å². The molecule has 3 heterocycles. The molecule has 0 aliphatic carbocycles. The second-order valence-electron chi connectivity index (χ2n) is 9.76. The van der Waals surface area contributed by atoms with E-state index >= 15 is 0 Å². The van der Waals surface area contributed by atoms with E-state index in [0.29, 0.717) is 29.7 Å². The van der Waals surface area contributed by atoms with Crippen LogP contribution in [-0.2, 0) is 11.3 Å². The average Bonchev–Trinajstić information content (AvgIpc) is 3.15. The molecule has 0 aromatic heterocycles. The number of allylic oxidation sites excluding steroid dienone is 1. The quantitative estimate of drug-likeness (QED) is 0.585. The Hall–Kier alpha value is -2.67. The second kappa shape index (κ2) is 9.90. The molecule has 2 aromatic rings. The summed E-state index contributed by atoms with van der Waals surface area (Å²) in [5.41, 5.74) is 4.85. The summed E-state index contributed by atoms with van der Waals surface area (Å²) in [6.07, 6.45) is 2.93. The van der Waals surface area contributed by atoms with E-state index in [9.17, 15) is 4.79 Å². The van der Waals surface area contributed by atoms with Gasteiger partial charge in [0.2, 0.25) is 5.78 Å². The van der Waals surface area contributed by atoms with Crippen molar-refractivity contribution in [1.82, 2.24) is 9.80 Å². The highest BCUT2D eigenvalue weighted by Crippen LogP contribution is 2.43. The molecule has 3 aliphatic rings. The van der Waals surface area contributed by atoms with Gasteiger partial charge in [0.1, 0.15) is 18.2 Å². The minimum absolute atomic E-state index is 0.0572. The number of carbonyl (C=O) groups excluding carboxylic acids is 1. The molecule has 6 heteroatoms. The van der Waals surface area contributed by atoms with Gasteiger partial charge in [0.25, 0.3) is 0 Å². The Morgan fingerprint density at radius 1 is 1.03 bits per heavy atom. The number of hydrogen-bond acceptors (Lipinski definition) is 6. The number of ketones is 1. The van der Waals surface area contributed by atoms with Crippen LogP contribution in [-0.4, -0.2) is 61.7 Å². The van der Waals surface area contributed by atoms with Gasteiger partial charge in [-0.15, -0.1) is 0 Å². The zero-order valence-electron chi connectivity index (χ0n) is 20.4. The van der Waals surface area contributed by atoms with Crippen molar-refractivity contribution in [3.8, 4) is 11.5 Å². The lowest BCUT2D eigenvalue weighted by Crippen LogP contribution is -2.39. The van der Waals surface area contributed by atoms with Gasteiger partial charge >= 0.3 is 0 Å². The number of carbonyl (C=O) groups is 1. The Morgan fingerprint density at radius 3 is 2.50 bits per heavy atom. The lowest BCUT2D eigenvalue weighted by molar-refractivity contribution is 0.0329. The lowest BCUT2D eigenvalue weighted by Gasteiger charge is -2.31. The number of morpholine rings is 1. The highest BCUT2D eigenvalue weighted by atomic mass is 16.5. The molecule has 1 saturated heterocycles. The molecule has 5 rings (SSSR count). The van der Waals surface area contributed by atoms with Crippen molar-refractivity contribution >= 4 is 11.9 Å². The topological polar surface area (TPSA) is 51.2 Å². The van der Waals surface area contributed by atoms with Crippen molar-refractivity contribution in [2.75, 3.05) is 46.1 Å². The maximum atomic E-state index is 13.2. The summed E-state index contributed by atoms with van der Waals surface area (Å²) in [5, 5.41) is 0. The Bertz CT molecular complexity index is 1080. The normalized spacial score (nSPS) is 19.8. The minimum Gasteiger partial charge on any atom is -0.477 e. The molecule has 3 aliphatic heterocycles. The summed E-state index contributed by atoms with van der Waals surface area (Å²) < 4.78 is 17.6. The summed E-state index contributed by atoms with van der Waals surface area (Å²) in [7, 11) is 0. The maximum Gasteiger partial charge on any atom is 0.231 e. The SMILES string of the molecule is Cc1c2c(cc3c1O/C(=C\c1ccc(C(C)C)cc1)C3=O)CN(CCCN1CCOCC1)CO2. The van der Waals surface area contributed by atoms with Gasteiger partial charge < -0.3 is 14.2 Å². The van der Waals surface area contributed by atoms with Crippen LogP contribution in [0.15, 0.2) is 36.1 Å². The van der Waals surface area contributed by atoms with Gasteiger partial charge in [0.05, 0.1) is 18.8 Å². The molecular weight excluding hydrogens is 428 g/mol. The second-order valence-corrected chi connectivity index (χ2v) is 9.76. The van der Waals surface area contributed by atoms with Crippen LogP contribution in [0.1, 0.15) is 58.8 Å². The predicted octanol–water partition coefficient (Wildman–Crippen LogP) is 4.61. The third-order valence-electron chi connectivity index (χ3n) is 6.96. The van der Waals surface area contributed by atoms with Crippen molar-refractivity contribution < 1.29 is 19.0 Å². The van der Waals surface area contributed by atoms with Crippen LogP contribution in [0, 0.1) is 6.92 Å². The van der Waals surface area contributed by atoms with Crippen molar-refractivity contribution in [3.05, 3.63) is 63.9 Å². The number of ether oxygens (including phenoxy) is 3. The maximum absolute atomic E-state index is 13.2. The molecule has 6 nitrogen and oxygen atoms in total. The van der Waals surface area contributed by atoms with Crippen LogP contribution in [0.4, 0.5) is 0 Å². The fraction of sp³-hybridized carbons (Fsp3) is 0.464. The van der Waals surface area contributed by atoms with Crippen LogP contribution in [0.5, 0.6) is 11.5 Å². The summed E-state index contributed by atoms with van der Waals surface area (Å²) in [4.78, 5) is 17.9. The number of Topliss-reactive ketones (excluding diaryl/α,β-unsaturated/α-hetero) is 1. The fourth-order valence-electron chi connectivity index (χ4n) is 4.91. The standard InChI is InChI=1S/C28H34N2O4/c1-19(2)22-7-5-21(6-8-22)15-25-26(31)24-16-23-17-30(10-4-9-29-11-13-32-14-12-29)18-33-27(23)20(3)28(24)34-25/h5-8,15-16,19H,4,9-14,17-18H2,1-3H3/b25-15-. The minimum atomic E-state index is -0.0572. The summed E-state index contributed by atoms with van der Waals surface area (Å²) in [6, 6.07) is 10.3. The number of rotatable bonds is 6. The first-order valence-corrected chi connectivity index (χ1v) is 12.4. The largest absolute Gasteiger partial charge is 0.477 e. The van der Waals surface area contributed by atoms with E-state index in [1.165, 1.54) is 5.56 Å². The third kappa shape index (κ3) is 4.76. The monoisotopic (exact) mass is 462 g/mol. The van der Waals surface area contributed by atoms with Crippen molar-refractivity contribution in [3.63, 3.8) is 0 Å². The van der Waals surface area contributed by atoms with Crippen molar-refractivity contribution in [2.24, 2.45) is 0 Å². The van der Waals surface area contributed by atoms with Gasteiger partial charge in [-0.2, -0.15) is 0 Å². The molecular formula is C28H34N2O4. The van der Waals surface area contributed by atoms with E-state index in [0.717, 1.165) is 74.8 Å². The first-order chi connectivity index (χ1) is 16.5. The predicted molar refractivity (Wildman–Crippen MR) is 132 cm³/mol. The molecule has 2 aromatic carbocycles. The average molecular weight is 463 g/mol. The van der Waals surface area contributed by atoms with Crippen molar-refractivity contribution in [1.29, 1.82) is 0 Å². The molecule has 1 fully saturated rings. The molecule has 0 bridgehead atoms. The van der Waals surface area contributed by atoms with Gasteiger partial charge in [0, 0.05) is 37.3 Å². The first-order valence-electron chi connectivity index (χ1n) is 12.4. The zero-order chi connectivity index (χ0) is 23.7. The molecule has 34 heavy (non-hydrogen) atoms. The van der Waals surface area contributed by atoms with Gasteiger partial charge in [-0.25, -0.2) is 0 Å². The molecule has 0 N–H and O–H groups in total. The molecule has 0 radical (unpaired) electrons. The summed E-state index contributed by atoms with van der Waals surface area (Å²) in [5.74, 6) is 2.29. The Morgan fingerprint density at radius 2 is 1.76 bits per heavy atom. The van der Waals surface area contributed by atoms with Crippen LogP contribution in [0.2, 0.25) is 0 Å². The zero-order valence-corrected chi connectivity index (χ0v) is 20.4. The number of fused-ring (bicyclic) bond motifs is 2. The Balaban J connectivity index is 1.27.